The molecular formula is C31H39F5O. The number of hydrogen-bond acceptors (Lipinski definition) is 1. The Hall–Kier alpha value is -2.11. The highest BCUT2D eigenvalue weighted by Gasteiger charge is 2.31. The first-order valence-electron chi connectivity index (χ1n) is 14.1. The Labute approximate surface area is 217 Å². The number of rotatable bonds is 9. The molecule has 2 fully saturated rings. The summed E-state index contributed by atoms with van der Waals surface area (Å²) in [4.78, 5) is 0. The molecule has 1 nitrogen and oxygen atoms in total. The van der Waals surface area contributed by atoms with E-state index in [1.165, 1.54) is 69.9 Å². The minimum atomic E-state index is -4.46. The van der Waals surface area contributed by atoms with Crippen LogP contribution in [0, 0.1) is 35.3 Å². The maximum Gasteiger partial charge on any atom is 0.416 e. The van der Waals surface area contributed by atoms with Crippen molar-refractivity contribution in [1.82, 2.24) is 0 Å². The van der Waals surface area contributed by atoms with Crippen molar-refractivity contribution in [1.29, 1.82) is 0 Å². The summed E-state index contributed by atoms with van der Waals surface area (Å²) >= 11 is 0. The van der Waals surface area contributed by atoms with E-state index in [0.717, 1.165) is 61.3 Å². The van der Waals surface area contributed by atoms with Gasteiger partial charge in [0.05, 0.1) is 5.56 Å². The summed E-state index contributed by atoms with van der Waals surface area (Å²) < 4.78 is 73.4. The van der Waals surface area contributed by atoms with Crippen LogP contribution in [0.15, 0.2) is 36.4 Å². The molecule has 2 aliphatic rings. The summed E-state index contributed by atoms with van der Waals surface area (Å²) in [5, 5.41) is 0. The standard InChI is InChI=1S/C31H39F5O/c1-2-3-4-21-5-10-23(11-6-21)24-12-7-22(8-13-24)9-18-27-28(32)19-20-29(30(27)33)37-26-16-14-25(15-17-26)31(34,35)36/h14-17,19-24H,2-13,18H2,1H3. The fourth-order valence-electron chi connectivity index (χ4n) is 6.46. The summed E-state index contributed by atoms with van der Waals surface area (Å²) in [6, 6.07) is 6.40. The number of alkyl halides is 3. The molecule has 0 unspecified atom stereocenters. The minimum absolute atomic E-state index is 0.00284. The van der Waals surface area contributed by atoms with E-state index >= 15 is 4.39 Å². The van der Waals surface area contributed by atoms with Crippen LogP contribution in [-0.4, -0.2) is 0 Å². The summed E-state index contributed by atoms with van der Waals surface area (Å²) in [6.07, 6.45) is 10.8. The monoisotopic (exact) mass is 522 g/mol. The lowest BCUT2D eigenvalue weighted by Gasteiger charge is -2.38. The highest BCUT2D eigenvalue weighted by Crippen LogP contribution is 2.43. The van der Waals surface area contributed by atoms with Crippen molar-refractivity contribution in [3.63, 3.8) is 0 Å². The van der Waals surface area contributed by atoms with Gasteiger partial charge in [0, 0.05) is 5.56 Å². The Morgan fingerprint density at radius 2 is 1.32 bits per heavy atom. The van der Waals surface area contributed by atoms with E-state index in [1.807, 2.05) is 0 Å². The van der Waals surface area contributed by atoms with Crippen molar-refractivity contribution in [3.05, 3.63) is 59.2 Å². The number of halogens is 5. The zero-order valence-electron chi connectivity index (χ0n) is 21.8. The highest BCUT2D eigenvalue weighted by atomic mass is 19.4. The van der Waals surface area contributed by atoms with Crippen molar-refractivity contribution in [3.8, 4) is 11.5 Å². The molecule has 0 aromatic heterocycles. The average molecular weight is 523 g/mol. The smallest absolute Gasteiger partial charge is 0.416 e. The van der Waals surface area contributed by atoms with E-state index in [4.69, 9.17) is 4.74 Å². The Morgan fingerprint density at radius 1 is 0.757 bits per heavy atom. The quantitative estimate of drug-likeness (QED) is 0.298. The molecule has 0 heterocycles. The fourth-order valence-corrected chi connectivity index (χ4v) is 6.46. The van der Waals surface area contributed by atoms with Gasteiger partial charge in [0.2, 0.25) is 0 Å². The number of benzene rings is 2. The van der Waals surface area contributed by atoms with Crippen LogP contribution < -0.4 is 4.74 Å². The second kappa shape index (κ2) is 12.6. The van der Waals surface area contributed by atoms with Gasteiger partial charge >= 0.3 is 6.18 Å². The zero-order valence-corrected chi connectivity index (χ0v) is 21.8. The number of unbranched alkanes of at least 4 members (excludes halogenated alkanes) is 1. The number of hydrogen-bond donors (Lipinski definition) is 0. The Kier molecular flexibility index (Phi) is 9.52. The molecule has 0 N–H and O–H groups in total. The van der Waals surface area contributed by atoms with E-state index in [-0.39, 0.29) is 17.1 Å². The first-order chi connectivity index (χ1) is 17.7. The second-order valence-electron chi connectivity index (χ2n) is 11.2. The van der Waals surface area contributed by atoms with Crippen molar-refractivity contribution in [2.45, 2.75) is 96.6 Å². The van der Waals surface area contributed by atoms with Gasteiger partial charge in [-0.25, -0.2) is 8.78 Å². The van der Waals surface area contributed by atoms with Crippen LogP contribution in [0.4, 0.5) is 22.0 Å². The van der Waals surface area contributed by atoms with Crippen LogP contribution in [0.5, 0.6) is 11.5 Å². The van der Waals surface area contributed by atoms with Gasteiger partial charge in [-0.15, -0.1) is 0 Å². The molecule has 2 aliphatic carbocycles. The topological polar surface area (TPSA) is 9.23 Å². The molecule has 0 amide bonds. The highest BCUT2D eigenvalue weighted by molar-refractivity contribution is 5.38. The molecule has 0 atom stereocenters. The van der Waals surface area contributed by atoms with Gasteiger partial charge in [0.15, 0.2) is 11.6 Å². The normalized spacial score (nSPS) is 24.7. The number of ether oxygens (including phenoxy) is 1. The maximum atomic E-state index is 15.1. The van der Waals surface area contributed by atoms with Crippen LogP contribution >= 0.6 is 0 Å². The van der Waals surface area contributed by atoms with Crippen LogP contribution in [0.3, 0.4) is 0 Å². The third-order valence-corrected chi connectivity index (χ3v) is 8.78. The van der Waals surface area contributed by atoms with Gasteiger partial charge in [-0.2, -0.15) is 13.2 Å². The molecule has 2 aromatic carbocycles. The lowest BCUT2D eigenvalue weighted by atomic mass is 9.68. The molecular weight excluding hydrogens is 483 g/mol. The molecule has 0 bridgehead atoms. The van der Waals surface area contributed by atoms with Crippen molar-refractivity contribution in [2.24, 2.45) is 23.7 Å². The summed E-state index contributed by atoms with van der Waals surface area (Å²) in [5.74, 6) is 1.58. The Bertz CT molecular complexity index is 984. The molecule has 6 heteroatoms. The van der Waals surface area contributed by atoms with E-state index in [0.29, 0.717) is 12.3 Å². The van der Waals surface area contributed by atoms with Gasteiger partial charge in [-0.05, 0) is 98.6 Å². The van der Waals surface area contributed by atoms with Gasteiger partial charge in [0.1, 0.15) is 11.6 Å². The predicted octanol–water partition coefficient (Wildman–Crippen LogP) is 10.5. The second-order valence-corrected chi connectivity index (χ2v) is 11.2. The zero-order chi connectivity index (χ0) is 26.4. The molecule has 2 saturated carbocycles. The van der Waals surface area contributed by atoms with E-state index < -0.39 is 23.4 Å². The molecule has 2 aromatic rings. The van der Waals surface area contributed by atoms with Crippen molar-refractivity contribution < 1.29 is 26.7 Å². The molecule has 4 rings (SSSR count). The predicted molar refractivity (Wildman–Crippen MR) is 137 cm³/mol. The van der Waals surface area contributed by atoms with Crippen LogP contribution in [-0.2, 0) is 12.6 Å². The van der Waals surface area contributed by atoms with Crippen molar-refractivity contribution >= 4 is 0 Å². The summed E-state index contributed by atoms with van der Waals surface area (Å²) in [5.41, 5.74) is -0.813. The SMILES string of the molecule is CCCCC1CCC(C2CCC(CCc3c(F)ccc(Oc4ccc(C(F)(F)F)cc4)c3F)CC2)CC1. The first-order valence-corrected chi connectivity index (χ1v) is 14.1. The molecule has 0 spiro atoms. The lowest BCUT2D eigenvalue weighted by Crippen LogP contribution is -2.26. The lowest BCUT2D eigenvalue weighted by molar-refractivity contribution is -0.137. The van der Waals surface area contributed by atoms with E-state index in [2.05, 4.69) is 6.92 Å². The fraction of sp³-hybridized carbons (Fsp3) is 0.613. The summed E-state index contributed by atoms with van der Waals surface area (Å²) in [7, 11) is 0. The molecule has 0 saturated heterocycles. The Balaban J connectivity index is 1.27. The minimum Gasteiger partial charge on any atom is -0.454 e. The molecule has 0 aliphatic heterocycles. The molecule has 37 heavy (non-hydrogen) atoms. The van der Waals surface area contributed by atoms with Crippen LogP contribution in [0.1, 0.15) is 95.1 Å². The molecule has 0 radical (unpaired) electrons. The third kappa shape index (κ3) is 7.48. The first kappa shape index (κ1) is 27.9. The van der Waals surface area contributed by atoms with Crippen molar-refractivity contribution in [2.75, 3.05) is 0 Å². The molecule has 204 valence electrons. The van der Waals surface area contributed by atoms with E-state index in [1.54, 1.807) is 0 Å². The largest absolute Gasteiger partial charge is 0.454 e. The maximum absolute atomic E-state index is 15.1. The van der Waals surface area contributed by atoms with E-state index in [9.17, 15) is 17.6 Å². The third-order valence-electron chi connectivity index (χ3n) is 8.78. The van der Waals surface area contributed by atoms with Gasteiger partial charge in [0.25, 0.3) is 0 Å². The Morgan fingerprint density at radius 3 is 1.86 bits per heavy atom. The van der Waals surface area contributed by atoms with Gasteiger partial charge in [-0.3, -0.25) is 0 Å². The van der Waals surface area contributed by atoms with Crippen LogP contribution in [0.25, 0.3) is 0 Å². The van der Waals surface area contributed by atoms with Gasteiger partial charge < -0.3 is 4.74 Å². The van der Waals surface area contributed by atoms with Crippen LogP contribution in [0.2, 0.25) is 0 Å². The summed E-state index contributed by atoms with van der Waals surface area (Å²) in [6.45, 7) is 2.26. The van der Waals surface area contributed by atoms with Gasteiger partial charge in [-0.1, -0.05) is 51.9 Å². The average Bonchev–Trinajstić information content (AvgIpc) is 2.89.